The second-order valence-electron chi connectivity index (χ2n) is 4.24. The summed E-state index contributed by atoms with van der Waals surface area (Å²) in [6.07, 6.45) is 1.62. The van der Waals surface area contributed by atoms with E-state index in [0.29, 0.717) is 18.0 Å². The van der Waals surface area contributed by atoms with Crippen molar-refractivity contribution in [2.45, 2.75) is 19.9 Å². The molecular formula is C14H16N2O4. The molecule has 0 aliphatic carbocycles. The number of carboxylic acid groups (broad SMARTS) is 1. The van der Waals surface area contributed by atoms with Crippen molar-refractivity contribution < 1.29 is 19.4 Å². The molecule has 6 heteroatoms. The highest BCUT2D eigenvalue weighted by Gasteiger charge is 2.09. The van der Waals surface area contributed by atoms with Gasteiger partial charge < -0.3 is 14.6 Å². The first-order valence-corrected chi connectivity index (χ1v) is 6.16. The summed E-state index contributed by atoms with van der Waals surface area (Å²) in [5.41, 5.74) is 0.794. The number of rotatable bonds is 6. The van der Waals surface area contributed by atoms with E-state index < -0.39 is 5.97 Å². The Bertz CT molecular complexity index is 590. The third kappa shape index (κ3) is 3.28. The van der Waals surface area contributed by atoms with Gasteiger partial charge in [0.05, 0.1) is 32.0 Å². The molecule has 1 aromatic heterocycles. The molecule has 6 nitrogen and oxygen atoms in total. The predicted octanol–water partition coefficient (Wildman–Crippen LogP) is 2.47. The molecule has 0 amide bonds. The van der Waals surface area contributed by atoms with Gasteiger partial charge in [-0.2, -0.15) is 5.10 Å². The topological polar surface area (TPSA) is 73.6 Å². The van der Waals surface area contributed by atoms with E-state index in [0.717, 1.165) is 11.4 Å². The highest BCUT2D eigenvalue weighted by molar-refractivity contribution is 5.66. The summed E-state index contributed by atoms with van der Waals surface area (Å²) in [7, 11) is 1.60. The number of benzene rings is 1. The van der Waals surface area contributed by atoms with Crippen LogP contribution >= 0.6 is 0 Å². The van der Waals surface area contributed by atoms with Crippen LogP contribution in [0, 0.1) is 6.92 Å². The Morgan fingerprint density at radius 3 is 2.55 bits per heavy atom. The number of aliphatic carboxylic acids is 1. The zero-order chi connectivity index (χ0) is 14.5. The van der Waals surface area contributed by atoms with Gasteiger partial charge in [-0.3, -0.25) is 9.48 Å². The van der Waals surface area contributed by atoms with Crippen LogP contribution in [0.5, 0.6) is 17.2 Å². The molecule has 0 unspecified atom stereocenters. The van der Waals surface area contributed by atoms with Gasteiger partial charge in [0.1, 0.15) is 11.5 Å². The van der Waals surface area contributed by atoms with E-state index in [9.17, 15) is 4.79 Å². The number of aryl methyl sites for hydroxylation is 1. The largest absolute Gasteiger partial charge is 0.497 e. The van der Waals surface area contributed by atoms with Crippen LogP contribution in [-0.2, 0) is 11.3 Å². The molecule has 0 fully saturated rings. The van der Waals surface area contributed by atoms with E-state index in [2.05, 4.69) is 5.10 Å². The molecule has 1 N–H and O–H groups in total. The Morgan fingerprint density at radius 2 is 1.95 bits per heavy atom. The lowest BCUT2D eigenvalue weighted by Crippen LogP contribution is -2.07. The van der Waals surface area contributed by atoms with Crippen LogP contribution in [0.3, 0.4) is 0 Å². The molecule has 0 spiro atoms. The number of methoxy groups -OCH3 is 1. The van der Waals surface area contributed by atoms with Gasteiger partial charge in [-0.1, -0.05) is 0 Å². The number of hydrogen-bond donors (Lipinski definition) is 1. The molecular weight excluding hydrogens is 260 g/mol. The number of aromatic nitrogens is 2. The predicted molar refractivity (Wildman–Crippen MR) is 72.3 cm³/mol. The second-order valence-corrected chi connectivity index (χ2v) is 4.24. The number of hydrogen-bond acceptors (Lipinski definition) is 4. The van der Waals surface area contributed by atoms with Crippen LogP contribution in [0.4, 0.5) is 0 Å². The summed E-state index contributed by atoms with van der Waals surface area (Å²) < 4.78 is 12.4. The molecule has 1 heterocycles. The highest BCUT2D eigenvalue weighted by Crippen LogP contribution is 2.26. The van der Waals surface area contributed by atoms with Crippen molar-refractivity contribution in [1.82, 2.24) is 9.78 Å². The van der Waals surface area contributed by atoms with E-state index in [-0.39, 0.29) is 6.42 Å². The molecule has 0 aliphatic heterocycles. The van der Waals surface area contributed by atoms with Crippen LogP contribution in [0.2, 0.25) is 0 Å². The fourth-order valence-electron chi connectivity index (χ4n) is 1.73. The van der Waals surface area contributed by atoms with Gasteiger partial charge in [0.25, 0.3) is 0 Å². The third-order valence-electron chi connectivity index (χ3n) is 2.88. The number of carboxylic acids is 1. The van der Waals surface area contributed by atoms with Gasteiger partial charge in [-0.15, -0.1) is 0 Å². The van der Waals surface area contributed by atoms with Crippen molar-refractivity contribution in [3.05, 3.63) is 36.2 Å². The normalized spacial score (nSPS) is 10.3. The van der Waals surface area contributed by atoms with Crippen molar-refractivity contribution in [3.8, 4) is 17.2 Å². The quantitative estimate of drug-likeness (QED) is 0.877. The molecule has 0 atom stereocenters. The van der Waals surface area contributed by atoms with Crippen molar-refractivity contribution in [1.29, 1.82) is 0 Å². The van der Waals surface area contributed by atoms with Gasteiger partial charge in [-0.25, -0.2) is 0 Å². The first-order valence-electron chi connectivity index (χ1n) is 6.16. The maximum atomic E-state index is 10.6. The Balaban J connectivity index is 2.07. The monoisotopic (exact) mass is 276 g/mol. The van der Waals surface area contributed by atoms with E-state index in [1.807, 2.05) is 6.92 Å². The molecule has 2 rings (SSSR count). The minimum Gasteiger partial charge on any atom is -0.497 e. The van der Waals surface area contributed by atoms with E-state index >= 15 is 0 Å². The molecule has 0 saturated carbocycles. The van der Waals surface area contributed by atoms with Crippen LogP contribution < -0.4 is 9.47 Å². The maximum absolute atomic E-state index is 10.6. The lowest BCUT2D eigenvalue weighted by Gasteiger charge is -2.06. The minimum absolute atomic E-state index is 0.0322. The Hall–Kier alpha value is -2.50. The zero-order valence-corrected chi connectivity index (χ0v) is 11.4. The highest BCUT2D eigenvalue weighted by atomic mass is 16.5. The zero-order valence-electron chi connectivity index (χ0n) is 11.4. The lowest BCUT2D eigenvalue weighted by atomic mass is 10.3. The van der Waals surface area contributed by atoms with Gasteiger partial charge in [0, 0.05) is 0 Å². The lowest BCUT2D eigenvalue weighted by molar-refractivity contribution is -0.137. The summed E-state index contributed by atoms with van der Waals surface area (Å²) in [6.45, 7) is 2.17. The van der Waals surface area contributed by atoms with Crippen LogP contribution in [0.1, 0.15) is 12.1 Å². The molecule has 1 aromatic carbocycles. The summed E-state index contributed by atoms with van der Waals surface area (Å²) >= 11 is 0. The van der Waals surface area contributed by atoms with Crippen molar-refractivity contribution in [3.63, 3.8) is 0 Å². The number of ether oxygens (including phenoxy) is 2. The molecule has 0 aliphatic rings. The van der Waals surface area contributed by atoms with Gasteiger partial charge in [0.2, 0.25) is 0 Å². The van der Waals surface area contributed by atoms with Crippen LogP contribution in [-0.4, -0.2) is 28.0 Å². The van der Waals surface area contributed by atoms with Crippen molar-refractivity contribution >= 4 is 5.97 Å². The van der Waals surface area contributed by atoms with E-state index in [1.54, 1.807) is 42.3 Å². The Labute approximate surface area is 116 Å². The van der Waals surface area contributed by atoms with Crippen LogP contribution in [0.15, 0.2) is 30.5 Å². The Morgan fingerprint density at radius 1 is 1.30 bits per heavy atom. The number of nitrogens with zero attached hydrogens (tertiary/aromatic N) is 2. The standard InChI is InChI=1S/C14H16N2O4/c1-10-13(9-15-16(10)8-7-14(17)18)20-12-5-3-11(19-2)4-6-12/h3-6,9H,7-8H2,1-2H3,(H,17,18). The average Bonchev–Trinajstić information content (AvgIpc) is 2.78. The smallest absolute Gasteiger partial charge is 0.305 e. The molecule has 106 valence electrons. The maximum Gasteiger partial charge on any atom is 0.305 e. The van der Waals surface area contributed by atoms with Crippen LogP contribution in [0.25, 0.3) is 0 Å². The number of carbonyl (C=O) groups is 1. The minimum atomic E-state index is -0.850. The first kappa shape index (κ1) is 13.9. The Kier molecular flexibility index (Phi) is 4.24. The first-order chi connectivity index (χ1) is 9.60. The van der Waals surface area contributed by atoms with Gasteiger partial charge in [-0.05, 0) is 31.2 Å². The molecule has 20 heavy (non-hydrogen) atoms. The summed E-state index contributed by atoms with van der Waals surface area (Å²) in [5.74, 6) is 1.19. The second kappa shape index (κ2) is 6.10. The SMILES string of the molecule is COc1ccc(Oc2cnn(CCC(=O)O)c2C)cc1. The van der Waals surface area contributed by atoms with E-state index in [4.69, 9.17) is 14.6 Å². The average molecular weight is 276 g/mol. The molecule has 0 saturated heterocycles. The molecule has 0 bridgehead atoms. The summed E-state index contributed by atoms with van der Waals surface area (Å²) in [5, 5.41) is 12.8. The molecule has 2 aromatic rings. The fourth-order valence-corrected chi connectivity index (χ4v) is 1.73. The van der Waals surface area contributed by atoms with E-state index in [1.165, 1.54) is 0 Å². The van der Waals surface area contributed by atoms with Gasteiger partial charge in [0.15, 0.2) is 5.75 Å². The summed E-state index contributed by atoms with van der Waals surface area (Å²) in [4.78, 5) is 10.6. The fraction of sp³-hybridized carbons (Fsp3) is 0.286. The van der Waals surface area contributed by atoms with Crippen molar-refractivity contribution in [2.24, 2.45) is 0 Å². The summed E-state index contributed by atoms with van der Waals surface area (Å²) in [6, 6.07) is 7.21. The van der Waals surface area contributed by atoms with Crippen molar-refractivity contribution in [2.75, 3.05) is 7.11 Å². The molecule has 0 radical (unpaired) electrons. The van der Waals surface area contributed by atoms with Gasteiger partial charge >= 0.3 is 5.97 Å². The third-order valence-corrected chi connectivity index (χ3v) is 2.88.